The van der Waals surface area contributed by atoms with Crippen molar-refractivity contribution < 1.29 is 24.2 Å². The molecule has 3 atom stereocenters. The monoisotopic (exact) mass is 592 g/mol. The van der Waals surface area contributed by atoms with Crippen LogP contribution in [-0.4, -0.2) is 58.8 Å². The van der Waals surface area contributed by atoms with Gasteiger partial charge in [0.25, 0.3) is 0 Å². The van der Waals surface area contributed by atoms with Crippen molar-refractivity contribution in [3.63, 3.8) is 0 Å². The number of amides is 2. The molecule has 0 spiro atoms. The van der Waals surface area contributed by atoms with Gasteiger partial charge in [-0.15, -0.1) is 13.2 Å². The second kappa shape index (κ2) is 18.2. The van der Waals surface area contributed by atoms with Gasteiger partial charge in [-0.1, -0.05) is 66.7 Å². The maximum atomic E-state index is 13.5. The van der Waals surface area contributed by atoms with E-state index in [4.69, 9.17) is 4.74 Å². The lowest BCUT2D eigenvalue weighted by atomic mass is 9.92. The fourth-order valence-corrected chi connectivity index (χ4v) is 6.03. The van der Waals surface area contributed by atoms with Crippen molar-refractivity contribution in [2.75, 3.05) is 19.0 Å². The lowest BCUT2D eigenvalue weighted by molar-refractivity contribution is -0.145. The van der Waals surface area contributed by atoms with Crippen molar-refractivity contribution in [1.82, 2.24) is 10.2 Å². The minimum Gasteiger partial charge on any atom is -0.463 e. The number of ether oxygens (including phenoxy) is 1. The third-order valence-corrected chi connectivity index (χ3v) is 8.57. The largest absolute Gasteiger partial charge is 0.463 e. The van der Waals surface area contributed by atoms with Crippen molar-refractivity contribution in [3.05, 3.63) is 96.6 Å². The van der Waals surface area contributed by atoms with Crippen LogP contribution >= 0.6 is 11.8 Å². The number of rotatable bonds is 18. The second-order valence-electron chi connectivity index (χ2n) is 10.7. The summed E-state index contributed by atoms with van der Waals surface area (Å²) in [6, 6.07) is 17.2. The number of unbranched alkanes of at least 4 members (excludes halogenated alkanes) is 2. The quantitative estimate of drug-likeness (QED) is 0.140. The zero-order valence-electron chi connectivity index (χ0n) is 24.4. The Morgan fingerprint density at radius 1 is 1.05 bits per heavy atom. The number of nitrogens with one attached hydrogen (secondary N) is 1. The summed E-state index contributed by atoms with van der Waals surface area (Å²) >= 11 is 1.65. The zero-order valence-corrected chi connectivity index (χ0v) is 25.2. The summed E-state index contributed by atoms with van der Waals surface area (Å²) < 4.78 is 5.55. The van der Waals surface area contributed by atoms with Gasteiger partial charge in [0.05, 0.1) is 24.6 Å². The molecule has 2 aromatic rings. The van der Waals surface area contributed by atoms with Crippen LogP contribution in [0.2, 0.25) is 0 Å². The normalized spacial score (nSPS) is 15.6. The molecule has 1 aliphatic rings. The molecule has 2 aromatic carbocycles. The van der Waals surface area contributed by atoms with Crippen molar-refractivity contribution in [2.24, 2.45) is 5.92 Å². The Morgan fingerprint density at radius 2 is 1.79 bits per heavy atom. The van der Waals surface area contributed by atoms with Gasteiger partial charge in [-0.05, 0) is 48.8 Å². The third-order valence-electron chi connectivity index (χ3n) is 7.39. The van der Waals surface area contributed by atoms with Gasteiger partial charge in [0.2, 0.25) is 11.8 Å². The SMILES string of the molecule is C=CCCCCC(=O)OCC(CSCc1ccccc1)NC(=O)C(CC=C)CC(=O)N1Cc2ccccc2CC1CO. The summed E-state index contributed by atoms with van der Waals surface area (Å²) in [7, 11) is 0. The molecule has 0 aliphatic carbocycles. The minimum absolute atomic E-state index is 0.00346. The Labute approximate surface area is 254 Å². The lowest BCUT2D eigenvalue weighted by Gasteiger charge is -2.36. The van der Waals surface area contributed by atoms with Gasteiger partial charge in [0, 0.05) is 30.9 Å². The fraction of sp³-hybridized carbons (Fsp3) is 0.441. The van der Waals surface area contributed by atoms with Crippen LogP contribution < -0.4 is 5.32 Å². The van der Waals surface area contributed by atoms with Gasteiger partial charge < -0.3 is 20.1 Å². The number of benzene rings is 2. The first kappa shape index (κ1) is 33.1. The molecule has 3 rings (SSSR count). The second-order valence-corrected chi connectivity index (χ2v) is 11.7. The number of thioether (sulfide) groups is 1. The first-order chi connectivity index (χ1) is 20.4. The number of esters is 1. The predicted molar refractivity (Wildman–Crippen MR) is 169 cm³/mol. The van der Waals surface area contributed by atoms with E-state index in [9.17, 15) is 19.5 Å². The molecule has 0 aromatic heterocycles. The van der Waals surface area contributed by atoms with Gasteiger partial charge >= 0.3 is 5.97 Å². The molecule has 0 fully saturated rings. The van der Waals surface area contributed by atoms with E-state index in [2.05, 4.69) is 18.5 Å². The molecule has 1 aliphatic heterocycles. The van der Waals surface area contributed by atoms with Gasteiger partial charge in [-0.3, -0.25) is 14.4 Å². The first-order valence-electron chi connectivity index (χ1n) is 14.7. The van der Waals surface area contributed by atoms with Crippen molar-refractivity contribution in [2.45, 2.75) is 69.3 Å². The Bertz CT molecular complexity index is 1170. The number of fused-ring (bicyclic) bond motifs is 1. The summed E-state index contributed by atoms with van der Waals surface area (Å²) in [5.74, 6) is -0.0438. The molecule has 0 saturated carbocycles. The van der Waals surface area contributed by atoms with Crippen LogP contribution in [0.4, 0.5) is 0 Å². The Balaban J connectivity index is 1.62. The van der Waals surface area contributed by atoms with E-state index >= 15 is 0 Å². The van der Waals surface area contributed by atoms with Crippen molar-refractivity contribution >= 4 is 29.5 Å². The van der Waals surface area contributed by atoms with E-state index in [1.165, 1.54) is 5.56 Å². The number of allylic oxidation sites excluding steroid dienone is 2. The molecule has 226 valence electrons. The molecule has 8 heteroatoms. The summed E-state index contributed by atoms with van der Waals surface area (Å²) in [5.41, 5.74) is 3.36. The molecule has 0 bridgehead atoms. The highest BCUT2D eigenvalue weighted by atomic mass is 32.2. The van der Waals surface area contributed by atoms with Crippen LogP contribution in [-0.2, 0) is 37.8 Å². The highest BCUT2D eigenvalue weighted by molar-refractivity contribution is 7.98. The lowest BCUT2D eigenvalue weighted by Crippen LogP contribution is -2.48. The molecule has 2 N–H and O–H groups in total. The van der Waals surface area contributed by atoms with Gasteiger partial charge in [0.1, 0.15) is 6.61 Å². The number of nitrogens with zero attached hydrogens (tertiary/aromatic N) is 1. The maximum Gasteiger partial charge on any atom is 0.305 e. The van der Waals surface area contributed by atoms with Crippen LogP contribution in [0.15, 0.2) is 79.9 Å². The van der Waals surface area contributed by atoms with Crippen LogP contribution in [0.3, 0.4) is 0 Å². The van der Waals surface area contributed by atoms with E-state index in [0.29, 0.717) is 31.6 Å². The van der Waals surface area contributed by atoms with E-state index < -0.39 is 12.0 Å². The Hall–Kier alpha value is -3.36. The Morgan fingerprint density at radius 3 is 2.50 bits per heavy atom. The van der Waals surface area contributed by atoms with E-state index in [0.717, 1.165) is 36.1 Å². The van der Waals surface area contributed by atoms with Crippen LogP contribution in [0.5, 0.6) is 0 Å². The molecular formula is C34H44N2O5S. The summed E-state index contributed by atoms with van der Waals surface area (Å²) in [4.78, 5) is 41.0. The maximum absolute atomic E-state index is 13.5. The summed E-state index contributed by atoms with van der Waals surface area (Å²) in [6.45, 7) is 7.84. The van der Waals surface area contributed by atoms with Crippen molar-refractivity contribution in [1.29, 1.82) is 0 Å². The van der Waals surface area contributed by atoms with E-state index in [1.54, 1.807) is 22.7 Å². The number of hydrogen-bond donors (Lipinski definition) is 2. The number of aliphatic hydroxyl groups excluding tert-OH is 1. The molecule has 0 radical (unpaired) electrons. The molecule has 7 nitrogen and oxygen atoms in total. The fourth-order valence-electron chi connectivity index (χ4n) is 5.02. The van der Waals surface area contributed by atoms with E-state index in [-0.39, 0.29) is 43.5 Å². The number of carbonyl (C=O) groups excluding carboxylic acids is 3. The molecular weight excluding hydrogens is 548 g/mol. The number of hydrogen-bond acceptors (Lipinski definition) is 6. The molecule has 0 saturated heterocycles. The smallest absolute Gasteiger partial charge is 0.305 e. The van der Waals surface area contributed by atoms with Crippen LogP contribution in [0, 0.1) is 5.92 Å². The average molecular weight is 593 g/mol. The van der Waals surface area contributed by atoms with Crippen LogP contribution in [0.25, 0.3) is 0 Å². The number of carbonyl (C=O) groups is 3. The highest BCUT2D eigenvalue weighted by Crippen LogP contribution is 2.25. The Kier molecular flexibility index (Phi) is 14.4. The summed E-state index contributed by atoms with van der Waals surface area (Å²) in [6.07, 6.45) is 7.18. The minimum atomic E-state index is -0.622. The standard InChI is InChI=1S/C34H44N2O5S/c1-3-5-6-10-18-33(39)41-23-30(25-42-24-26-14-8-7-9-15-26)35-34(40)28(13-4-2)20-32(38)36-21-29-17-12-11-16-27(29)19-31(36)22-37/h3-4,7-9,11-12,14-17,28,30-31,37H,1-2,5-6,10,13,18-25H2,(H,35,40). The van der Waals surface area contributed by atoms with Crippen molar-refractivity contribution in [3.8, 4) is 0 Å². The predicted octanol–water partition coefficient (Wildman–Crippen LogP) is 5.22. The van der Waals surface area contributed by atoms with Crippen LogP contribution in [0.1, 0.15) is 55.2 Å². The molecule has 3 unspecified atom stereocenters. The molecule has 2 amide bonds. The first-order valence-corrected chi connectivity index (χ1v) is 15.9. The zero-order chi connectivity index (χ0) is 30.2. The molecule has 1 heterocycles. The van der Waals surface area contributed by atoms with E-state index in [1.807, 2.05) is 60.7 Å². The topological polar surface area (TPSA) is 95.9 Å². The highest BCUT2D eigenvalue weighted by Gasteiger charge is 2.32. The third kappa shape index (κ3) is 10.8. The summed E-state index contributed by atoms with van der Waals surface area (Å²) in [5, 5.41) is 13.1. The number of aliphatic hydroxyl groups is 1. The van der Waals surface area contributed by atoms with Gasteiger partial charge in [-0.2, -0.15) is 11.8 Å². The van der Waals surface area contributed by atoms with Gasteiger partial charge in [-0.25, -0.2) is 0 Å². The average Bonchev–Trinajstić information content (AvgIpc) is 3.01. The van der Waals surface area contributed by atoms with Gasteiger partial charge in [0.15, 0.2) is 0 Å². The molecule has 42 heavy (non-hydrogen) atoms.